The highest BCUT2D eigenvalue weighted by molar-refractivity contribution is 6.18. The van der Waals surface area contributed by atoms with Gasteiger partial charge < -0.3 is 4.90 Å². The highest BCUT2D eigenvalue weighted by Crippen LogP contribution is 2.08. The minimum absolute atomic E-state index is 0.749. The first-order valence-electron chi connectivity index (χ1n) is 8.41. The van der Waals surface area contributed by atoms with Crippen molar-refractivity contribution in [3.63, 3.8) is 0 Å². The molecule has 0 saturated carbocycles. The van der Waals surface area contributed by atoms with E-state index in [9.17, 15) is 0 Å². The Morgan fingerprint density at radius 2 is 1.52 bits per heavy atom. The SMILES string of the molecule is CN(C)CCCCl.ClCCN1CCN(Cc2ccccc2)CC1. The quantitative estimate of drug-likeness (QED) is 0.692. The van der Waals surface area contributed by atoms with Gasteiger partial charge in [-0.05, 0) is 32.6 Å². The summed E-state index contributed by atoms with van der Waals surface area (Å²) >= 11 is 11.2. The molecule has 0 bridgehead atoms. The molecule has 5 heteroatoms. The molecule has 0 spiro atoms. The Morgan fingerprint density at radius 1 is 0.913 bits per heavy atom. The van der Waals surface area contributed by atoms with Crippen molar-refractivity contribution in [1.29, 1.82) is 0 Å². The lowest BCUT2D eigenvalue weighted by atomic mass is 10.2. The predicted molar refractivity (Wildman–Crippen MR) is 103 cm³/mol. The molecule has 132 valence electrons. The molecule has 2 rings (SSSR count). The summed E-state index contributed by atoms with van der Waals surface area (Å²) in [6, 6.07) is 10.7. The molecule has 1 aliphatic heterocycles. The van der Waals surface area contributed by atoms with Crippen LogP contribution in [0.1, 0.15) is 12.0 Å². The summed E-state index contributed by atoms with van der Waals surface area (Å²) in [5.41, 5.74) is 1.41. The normalized spacial score (nSPS) is 16.2. The average molecular weight is 360 g/mol. The fourth-order valence-corrected chi connectivity index (χ4v) is 2.87. The van der Waals surface area contributed by atoms with E-state index < -0.39 is 0 Å². The lowest BCUT2D eigenvalue weighted by Crippen LogP contribution is -2.46. The van der Waals surface area contributed by atoms with Crippen molar-refractivity contribution in [3.8, 4) is 0 Å². The molecule has 0 atom stereocenters. The first-order valence-corrected chi connectivity index (χ1v) is 9.48. The number of hydrogen-bond donors (Lipinski definition) is 0. The van der Waals surface area contributed by atoms with E-state index in [2.05, 4.69) is 45.0 Å². The van der Waals surface area contributed by atoms with Gasteiger partial charge in [0, 0.05) is 51.0 Å². The van der Waals surface area contributed by atoms with Gasteiger partial charge in [-0.15, -0.1) is 23.2 Å². The van der Waals surface area contributed by atoms with Gasteiger partial charge in [0.1, 0.15) is 0 Å². The summed E-state index contributed by atoms with van der Waals surface area (Å²) in [6.45, 7) is 7.83. The molecule has 1 fully saturated rings. The Hall–Kier alpha value is -0.320. The lowest BCUT2D eigenvalue weighted by molar-refractivity contribution is 0.132. The largest absolute Gasteiger partial charge is 0.309 e. The molecule has 1 heterocycles. The number of rotatable bonds is 7. The van der Waals surface area contributed by atoms with E-state index in [4.69, 9.17) is 23.2 Å². The molecular weight excluding hydrogens is 329 g/mol. The zero-order valence-corrected chi connectivity index (χ0v) is 16.1. The van der Waals surface area contributed by atoms with Gasteiger partial charge in [-0.2, -0.15) is 0 Å². The molecule has 0 aliphatic carbocycles. The third-order valence-electron chi connectivity index (χ3n) is 3.85. The van der Waals surface area contributed by atoms with E-state index in [1.54, 1.807) is 0 Å². The Balaban J connectivity index is 0.000000322. The summed E-state index contributed by atoms with van der Waals surface area (Å²) < 4.78 is 0. The standard InChI is InChI=1S/C13H19ClN2.C5H12ClN/c14-6-7-15-8-10-16(11-9-15)12-13-4-2-1-3-5-13;1-7(2)5-3-4-6/h1-5H,6-12H2;3-5H2,1-2H3. The predicted octanol–water partition coefficient (Wildman–Crippen LogP) is 3.22. The highest BCUT2D eigenvalue weighted by atomic mass is 35.5. The monoisotopic (exact) mass is 359 g/mol. The molecule has 1 aliphatic rings. The topological polar surface area (TPSA) is 9.72 Å². The van der Waals surface area contributed by atoms with Crippen LogP contribution in [0.5, 0.6) is 0 Å². The van der Waals surface area contributed by atoms with Crippen LogP contribution in [0.2, 0.25) is 0 Å². The number of benzene rings is 1. The van der Waals surface area contributed by atoms with Crippen LogP contribution in [0.3, 0.4) is 0 Å². The van der Waals surface area contributed by atoms with E-state index in [-0.39, 0.29) is 0 Å². The molecule has 1 aromatic carbocycles. The smallest absolute Gasteiger partial charge is 0.0351 e. The van der Waals surface area contributed by atoms with Gasteiger partial charge in [0.25, 0.3) is 0 Å². The van der Waals surface area contributed by atoms with E-state index >= 15 is 0 Å². The van der Waals surface area contributed by atoms with Crippen molar-refractivity contribution >= 4 is 23.2 Å². The van der Waals surface area contributed by atoms with Crippen LogP contribution in [0.4, 0.5) is 0 Å². The van der Waals surface area contributed by atoms with Crippen molar-refractivity contribution in [2.75, 3.05) is 65.1 Å². The number of piperazine rings is 1. The van der Waals surface area contributed by atoms with Gasteiger partial charge in [0.05, 0.1) is 0 Å². The van der Waals surface area contributed by atoms with Crippen LogP contribution < -0.4 is 0 Å². The zero-order valence-electron chi connectivity index (χ0n) is 14.6. The third-order valence-corrected chi connectivity index (χ3v) is 4.29. The zero-order chi connectivity index (χ0) is 16.9. The fraction of sp³-hybridized carbons (Fsp3) is 0.667. The molecule has 0 radical (unpaired) electrons. The van der Waals surface area contributed by atoms with E-state index in [0.29, 0.717) is 0 Å². The Kier molecular flexibility index (Phi) is 11.7. The number of hydrogen-bond acceptors (Lipinski definition) is 3. The highest BCUT2D eigenvalue weighted by Gasteiger charge is 2.15. The Morgan fingerprint density at radius 3 is 2.00 bits per heavy atom. The summed E-state index contributed by atoms with van der Waals surface area (Å²) in [4.78, 5) is 7.08. The second-order valence-electron chi connectivity index (χ2n) is 6.14. The van der Waals surface area contributed by atoms with Gasteiger partial charge >= 0.3 is 0 Å². The molecule has 0 amide bonds. The van der Waals surface area contributed by atoms with Crippen LogP contribution >= 0.6 is 23.2 Å². The summed E-state index contributed by atoms with van der Waals surface area (Å²) in [7, 11) is 4.10. The molecule has 1 saturated heterocycles. The Labute approximate surface area is 152 Å². The van der Waals surface area contributed by atoms with Crippen molar-refractivity contribution in [2.24, 2.45) is 0 Å². The van der Waals surface area contributed by atoms with Crippen LogP contribution in [-0.2, 0) is 6.54 Å². The minimum atomic E-state index is 0.749. The summed E-state index contributed by atoms with van der Waals surface area (Å²) in [5.74, 6) is 1.52. The average Bonchev–Trinajstić information content (AvgIpc) is 2.56. The lowest BCUT2D eigenvalue weighted by Gasteiger charge is -2.34. The van der Waals surface area contributed by atoms with Crippen LogP contribution in [0.15, 0.2) is 30.3 Å². The van der Waals surface area contributed by atoms with Crippen LogP contribution in [0.25, 0.3) is 0 Å². The van der Waals surface area contributed by atoms with E-state index in [1.165, 1.54) is 5.56 Å². The van der Waals surface area contributed by atoms with Crippen LogP contribution in [0, 0.1) is 0 Å². The van der Waals surface area contributed by atoms with Gasteiger partial charge in [-0.1, -0.05) is 30.3 Å². The van der Waals surface area contributed by atoms with Gasteiger partial charge in [-0.25, -0.2) is 0 Å². The number of halogens is 2. The van der Waals surface area contributed by atoms with Gasteiger partial charge in [0.15, 0.2) is 0 Å². The van der Waals surface area contributed by atoms with Gasteiger partial charge in [-0.3, -0.25) is 9.80 Å². The Bertz CT molecular complexity index is 379. The van der Waals surface area contributed by atoms with Crippen molar-refractivity contribution in [1.82, 2.24) is 14.7 Å². The molecule has 0 aromatic heterocycles. The van der Waals surface area contributed by atoms with E-state index in [1.807, 2.05) is 14.1 Å². The van der Waals surface area contributed by atoms with E-state index in [0.717, 1.165) is 64.0 Å². The first kappa shape index (κ1) is 20.7. The molecule has 3 nitrogen and oxygen atoms in total. The maximum Gasteiger partial charge on any atom is 0.0351 e. The van der Waals surface area contributed by atoms with Gasteiger partial charge in [0.2, 0.25) is 0 Å². The first-order chi connectivity index (χ1) is 11.2. The molecule has 23 heavy (non-hydrogen) atoms. The minimum Gasteiger partial charge on any atom is -0.309 e. The maximum atomic E-state index is 5.75. The second kappa shape index (κ2) is 13.0. The number of alkyl halides is 2. The third kappa shape index (κ3) is 10.2. The molecule has 0 unspecified atom stereocenters. The van der Waals surface area contributed by atoms with Crippen LogP contribution in [-0.4, -0.2) is 79.8 Å². The van der Waals surface area contributed by atoms with Crippen molar-refractivity contribution in [3.05, 3.63) is 35.9 Å². The van der Waals surface area contributed by atoms with Crippen molar-refractivity contribution < 1.29 is 0 Å². The maximum absolute atomic E-state index is 5.75. The second-order valence-corrected chi connectivity index (χ2v) is 6.89. The molecule has 1 aromatic rings. The summed E-state index contributed by atoms with van der Waals surface area (Å²) in [5, 5.41) is 0. The molecule has 0 N–H and O–H groups in total. The summed E-state index contributed by atoms with van der Waals surface area (Å²) in [6.07, 6.45) is 1.09. The number of nitrogens with zero attached hydrogens (tertiary/aromatic N) is 3. The fourth-order valence-electron chi connectivity index (χ4n) is 2.51. The molecular formula is C18H31Cl2N3. The van der Waals surface area contributed by atoms with Crippen molar-refractivity contribution in [2.45, 2.75) is 13.0 Å².